The number of hydrogen-bond acceptors (Lipinski definition) is 4. The van der Waals surface area contributed by atoms with E-state index in [1.165, 1.54) is 0 Å². The van der Waals surface area contributed by atoms with Gasteiger partial charge in [0.15, 0.2) is 5.11 Å². The molecule has 4 rings (SSSR count). The maximum absolute atomic E-state index is 13.4. The summed E-state index contributed by atoms with van der Waals surface area (Å²) in [5.74, 6) is -0.0887. The molecule has 0 fully saturated rings. The summed E-state index contributed by atoms with van der Waals surface area (Å²) in [6, 6.07) is 25.4. The quantitative estimate of drug-likeness (QED) is 0.353. The number of carbonyl (C=O) groups is 1. The first kappa shape index (κ1) is 23.6. The number of aliphatic imine (C=N–C) groups is 1. The highest BCUT2D eigenvalue weighted by molar-refractivity contribution is 7.80. The number of methoxy groups -OCH3 is 1. The van der Waals surface area contributed by atoms with Gasteiger partial charge >= 0.3 is 5.97 Å². The molecule has 34 heavy (non-hydrogen) atoms. The number of rotatable bonds is 8. The molecule has 3 aromatic rings. The Balaban J connectivity index is 1.59. The minimum Gasteiger partial charge on any atom is -0.497 e. The first-order chi connectivity index (χ1) is 16.5. The zero-order valence-corrected chi connectivity index (χ0v) is 20.2. The van der Waals surface area contributed by atoms with Gasteiger partial charge in [-0.15, -0.1) is 0 Å². The number of nitrogens with one attached hydrogen (secondary N) is 1. The van der Waals surface area contributed by atoms with Gasteiger partial charge in [0, 0.05) is 5.71 Å². The molecule has 1 N–H and O–H groups in total. The normalized spacial score (nSPS) is 17.5. The van der Waals surface area contributed by atoms with E-state index in [0.29, 0.717) is 18.0 Å². The van der Waals surface area contributed by atoms with Crippen molar-refractivity contribution in [2.75, 3.05) is 7.11 Å². The molecule has 0 aromatic heterocycles. The summed E-state index contributed by atoms with van der Waals surface area (Å²) >= 11 is 5.47. The Morgan fingerprint density at radius 3 is 2.44 bits per heavy atom. The van der Waals surface area contributed by atoms with Gasteiger partial charge in [-0.1, -0.05) is 72.3 Å². The standard InChI is InChI=1S/C28H28N2O3S/c1-19-11-14-22(15-12-19)26-25(27(31)33-18-21-7-4-3-5-8-21)24(29-28(34)30-26)16-13-20-9-6-10-23(17-20)32-2/h3-12,14-15,17,25-26H,13,16,18H2,1-2H3,(H,30,34). The van der Waals surface area contributed by atoms with Crippen molar-refractivity contribution in [1.29, 1.82) is 0 Å². The van der Waals surface area contributed by atoms with E-state index in [9.17, 15) is 4.79 Å². The maximum atomic E-state index is 13.4. The lowest BCUT2D eigenvalue weighted by Gasteiger charge is -2.32. The molecule has 6 heteroatoms. The average molecular weight is 473 g/mol. The van der Waals surface area contributed by atoms with E-state index in [4.69, 9.17) is 21.7 Å². The number of nitrogens with zero attached hydrogens (tertiary/aromatic N) is 1. The zero-order valence-electron chi connectivity index (χ0n) is 19.4. The maximum Gasteiger partial charge on any atom is 0.317 e. The Bertz CT molecular complexity index is 1180. The highest BCUT2D eigenvalue weighted by atomic mass is 32.1. The van der Waals surface area contributed by atoms with E-state index in [1.807, 2.05) is 85.8 Å². The smallest absolute Gasteiger partial charge is 0.317 e. The van der Waals surface area contributed by atoms with Crippen LogP contribution in [0.2, 0.25) is 0 Å². The fraction of sp³-hybridized carbons (Fsp3) is 0.250. The molecule has 0 amide bonds. The second kappa shape index (κ2) is 11.1. The van der Waals surface area contributed by atoms with Crippen LogP contribution >= 0.6 is 12.2 Å². The van der Waals surface area contributed by atoms with Crippen molar-refractivity contribution >= 4 is 29.0 Å². The SMILES string of the molecule is COc1cccc(CCC2=NC(=S)NC(c3ccc(C)cc3)C2C(=O)OCc2ccccc2)c1. The molecule has 0 spiro atoms. The molecule has 3 aromatic carbocycles. The number of esters is 1. The van der Waals surface area contributed by atoms with Crippen molar-refractivity contribution in [2.45, 2.75) is 32.4 Å². The van der Waals surface area contributed by atoms with Gasteiger partial charge in [0.25, 0.3) is 0 Å². The molecule has 0 radical (unpaired) electrons. The number of carbonyl (C=O) groups excluding carboxylic acids is 1. The lowest BCUT2D eigenvalue weighted by atomic mass is 9.85. The first-order valence-corrected chi connectivity index (χ1v) is 11.7. The van der Waals surface area contributed by atoms with Gasteiger partial charge in [-0.05, 0) is 60.8 Å². The summed E-state index contributed by atoms with van der Waals surface area (Å²) in [6.07, 6.45) is 1.30. The van der Waals surface area contributed by atoms with Crippen molar-refractivity contribution in [3.8, 4) is 5.75 Å². The number of hydrogen-bond donors (Lipinski definition) is 1. The lowest BCUT2D eigenvalue weighted by Crippen LogP contribution is -2.45. The van der Waals surface area contributed by atoms with Gasteiger partial charge in [-0.2, -0.15) is 0 Å². The average Bonchev–Trinajstić information content (AvgIpc) is 2.87. The Hall–Kier alpha value is -3.51. The number of ether oxygens (including phenoxy) is 2. The lowest BCUT2D eigenvalue weighted by molar-refractivity contribution is -0.148. The van der Waals surface area contributed by atoms with Crippen LogP contribution in [0.1, 0.15) is 34.7 Å². The molecule has 0 aliphatic carbocycles. The van der Waals surface area contributed by atoms with Crippen LogP contribution in [0.15, 0.2) is 83.9 Å². The van der Waals surface area contributed by atoms with Crippen LogP contribution < -0.4 is 10.1 Å². The summed E-state index contributed by atoms with van der Waals surface area (Å²) in [4.78, 5) is 18.0. The Morgan fingerprint density at radius 1 is 0.971 bits per heavy atom. The predicted molar refractivity (Wildman–Crippen MR) is 138 cm³/mol. The minimum absolute atomic E-state index is 0.213. The van der Waals surface area contributed by atoms with Crippen LogP contribution in [-0.4, -0.2) is 23.9 Å². The van der Waals surface area contributed by atoms with Gasteiger partial charge in [-0.25, -0.2) is 4.99 Å². The Morgan fingerprint density at radius 2 is 1.71 bits per heavy atom. The zero-order chi connectivity index (χ0) is 23.9. The van der Waals surface area contributed by atoms with E-state index in [2.05, 4.69) is 10.3 Å². The largest absolute Gasteiger partial charge is 0.497 e. The van der Waals surface area contributed by atoms with Crippen molar-refractivity contribution in [3.05, 3.63) is 101 Å². The molecule has 2 unspecified atom stereocenters. The van der Waals surface area contributed by atoms with Gasteiger partial charge in [0.1, 0.15) is 18.3 Å². The molecular weight excluding hydrogens is 444 g/mol. The topological polar surface area (TPSA) is 59.9 Å². The summed E-state index contributed by atoms with van der Waals surface area (Å²) in [5.41, 5.74) is 4.91. The molecule has 0 bridgehead atoms. The Labute approximate surface area is 205 Å². The van der Waals surface area contributed by atoms with Crippen molar-refractivity contribution in [2.24, 2.45) is 10.9 Å². The molecule has 0 saturated heterocycles. The van der Waals surface area contributed by atoms with Gasteiger partial charge in [0.2, 0.25) is 0 Å². The summed E-state index contributed by atoms with van der Waals surface area (Å²) in [5, 5.41) is 3.64. The van der Waals surface area contributed by atoms with Crippen LogP contribution in [0.5, 0.6) is 5.75 Å². The van der Waals surface area contributed by atoms with Crippen LogP contribution in [0.3, 0.4) is 0 Å². The molecule has 2 atom stereocenters. The fourth-order valence-electron chi connectivity index (χ4n) is 4.09. The molecule has 0 saturated carbocycles. The number of benzene rings is 3. The van der Waals surface area contributed by atoms with E-state index in [0.717, 1.165) is 33.7 Å². The second-order valence-corrected chi connectivity index (χ2v) is 8.75. The van der Waals surface area contributed by atoms with Crippen molar-refractivity contribution < 1.29 is 14.3 Å². The van der Waals surface area contributed by atoms with Gasteiger partial charge < -0.3 is 14.8 Å². The summed E-state index contributed by atoms with van der Waals surface area (Å²) < 4.78 is 11.1. The Kier molecular flexibility index (Phi) is 7.70. The van der Waals surface area contributed by atoms with Crippen LogP contribution in [0, 0.1) is 12.8 Å². The van der Waals surface area contributed by atoms with E-state index < -0.39 is 5.92 Å². The van der Waals surface area contributed by atoms with Crippen LogP contribution in [-0.2, 0) is 22.6 Å². The van der Waals surface area contributed by atoms with E-state index >= 15 is 0 Å². The van der Waals surface area contributed by atoms with Crippen LogP contribution in [0.25, 0.3) is 0 Å². The number of aryl methyl sites for hydroxylation is 2. The minimum atomic E-state index is -0.580. The van der Waals surface area contributed by atoms with Crippen molar-refractivity contribution in [1.82, 2.24) is 5.32 Å². The summed E-state index contributed by atoms with van der Waals surface area (Å²) in [7, 11) is 1.65. The fourth-order valence-corrected chi connectivity index (χ4v) is 4.34. The highest BCUT2D eigenvalue weighted by Crippen LogP contribution is 2.30. The molecule has 1 aliphatic rings. The summed E-state index contributed by atoms with van der Waals surface area (Å²) in [6.45, 7) is 2.25. The third-order valence-electron chi connectivity index (χ3n) is 5.93. The van der Waals surface area contributed by atoms with E-state index in [1.54, 1.807) is 7.11 Å². The molecule has 1 heterocycles. The third-order valence-corrected chi connectivity index (χ3v) is 6.14. The first-order valence-electron chi connectivity index (χ1n) is 11.3. The van der Waals surface area contributed by atoms with Crippen LogP contribution in [0.4, 0.5) is 0 Å². The molecule has 1 aliphatic heterocycles. The van der Waals surface area contributed by atoms with Gasteiger partial charge in [-0.3, -0.25) is 4.79 Å². The monoisotopic (exact) mass is 472 g/mol. The molecule has 174 valence electrons. The molecule has 5 nitrogen and oxygen atoms in total. The number of thiocarbonyl (C=S) groups is 1. The van der Waals surface area contributed by atoms with Crippen molar-refractivity contribution in [3.63, 3.8) is 0 Å². The molecular formula is C28H28N2O3S. The predicted octanol–water partition coefficient (Wildman–Crippen LogP) is 5.37. The third kappa shape index (κ3) is 5.88. The van der Waals surface area contributed by atoms with Gasteiger partial charge in [0.05, 0.1) is 13.2 Å². The second-order valence-electron chi connectivity index (χ2n) is 8.36. The highest BCUT2D eigenvalue weighted by Gasteiger charge is 2.38. The van der Waals surface area contributed by atoms with E-state index in [-0.39, 0.29) is 18.6 Å².